The maximum absolute atomic E-state index is 12.6. The van der Waals surface area contributed by atoms with Crippen molar-refractivity contribution in [3.63, 3.8) is 0 Å². The predicted octanol–water partition coefficient (Wildman–Crippen LogP) is 0.698. The van der Waals surface area contributed by atoms with E-state index < -0.39 is 16.1 Å². The number of carbonyl (C=O) groups excluding carboxylic acids is 1. The zero-order chi connectivity index (χ0) is 19.6. The second-order valence-corrected chi connectivity index (χ2v) is 8.86. The molecule has 0 spiro atoms. The number of nitrogens with one attached hydrogen (secondary N) is 1. The van der Waals surface area contributed by atoms with Crippen LogP contribution in [0, 0.1) is 6.92 Å². The van der Waals surface area contributed by atoms with Crippen LogP contribution in [0.3, 0.4) is 0 Å². The summed E-state index contributed by atoms with van der Waals surface area (Å²) in [5.74, 6) is -0.243. The number of hydrogen-bond acceptors (Lipinski definition) is 5. The van der Waals surface area contributed by atoms with E-state index in [1.807, 2.05) is 31.2 Å². The van der Waals surface area contributed by atoms with Gasteiger partial charge in [-0.25, -0.2) is 8.42 Å². The number of aryl methyl sites for hydroxylation is 2. The van der Waals surface area contributed by atoms with Crippen molar-refractivity contribution in [1.29, 1.82) is 0 Å². The van der Waals surface area contributed by atoms with Gasteiger partial charge in [0, 0.05) is 32.4 Å². The molecular weight excluding hydrogens is 366 g/mol. The second kappa shape index (κ2) is 7.79. The lowest BCUT2D eigenvalue weighted by Gasteiger charge is -2.31. The third kappa shape index (κ3) is 4.37. The van der Waals surface area contributed by atoms with Crippen LogP contribution in [0.5, 0.6) is 0 Å². The van der Waals surface area contributed by atoms with Crippen LogP contribution < -0.4 is 11.1 Å². The minimum Gasteiger partial charge on any atom is -0.352 e. The first-order chi connectivity index (χ1) is 12.8. The Morgan fingerprint density at radius 3 is 2.44 bits per heavy atom. The third-order valence-corrected chi connectivity index (χ3v) is 6.69. The number of sulfonamides is 1. The van der Waals surface area contributed by atoms with Crippen LogP contribution in [-0.2, 0) is 21.9 Å². The Balaban J connectivity index is 1.56. The predicted molar refractivity (Wildman–Crippen MR) is 101 cm³/mol. The molecule has 1 saturated heterocycles. The molecule has 1 aliphatic heterocycles. The SMILES string of the molecule is Cc1ccc(C(N)C(=O)NC2CCN(S(=O)(=O)c3cnn(C)c3)CC2)cc1. The van der Waals surface area contributed by atoms with Gasteiger partial charge in [-0.15, -0.1) is 0 Å². The van der Waals surface area contributed by atoms with Gasteiger partial charge in [0.25, 0.3) is 0 Å². The fraction of sp³-hybridized carbons (Fsp3) is 0.444. The summed E-state index contributed by atoms with van der Waals surface area (Å²) < 4.78 is 28.1. The van der Waals surface area contributed by atoms with Crippen LogP contribution >= 0.6 is 0 Å². The topological polar surface area (TPSA) is 110 Å². The molecule has 0 radical (unpaired) electrons. The largest absolute Gasteiger partial charge is 0.352 e. The molecule has 2 aromatic rings. The van der Waals surface area contributed by atoms with Gasteiger partial charge < -0.3 is 11.1 Å². The maximum Gasteiger partial charge on any atom is 0.246 e. The van der Waals surface area contributed by atoms with Crippen LogP contribution in [0.2, 0.25) is 0 Å². The highest BCUT2D eigenvalue weighted by atomic mass is 32.2. The molecule has 0 aliphatic carbocycles. The molecule has 1 aromatic carbocycles. The average molecular weight is 391 g/mol. The molecule has 1 amide bonds. The van der Waals surface area contributed by atoms with Crippen molar-refractivity contribution in [1.82, 2.24) is 19.4 Å². The number of aromatic nitrogens is 2. The lowest BCUT2D eigenvalue weighted by molar-refractivity contribution is -0.123. The number of piperidine rings is 1. The summed E-state index contributed by atoms with van der Waals surface area (Å²) in [4.78, 5) is 12.6. The van der Waals surface area contributed by atoms with Gasteiger partial charge in [-0.05, 0) is 25.3 Å². The van der Waals surface area contributed by atoms with E-state index in [9.17, 15) is 13.2 Å². The summed E-state index contributed by atoms with van der Waals surface area (Å²) in [6.07, 6.45) is 3.94. The summed E-state index contributed by atoms with van der Waals surface area (Å²) >= 11 is 0. The molecule has 8 nitrogen and oxygen atoms in total. The molecule has 1 unspecified atom stereocenters. The first kappa shape index (κ1) is 19.5. The van der Waals surface area contributed by atoms with Gasteiger partial charge >= 0.3 is 0 Å². The van der Waals surface area contributed by atoms with Gasteiger partial charge in [-0.2, -0.15) is 9.40 Å². The van der Waals surface area contributed by atoms with E-state index in [0.717, 1.165) is 11.1 Å². The van der Waals surface area contributed by atoms with E-state index in [1.54, 1.807) is 7.05 Å². The minimum atomic E-state index is -3.54. The summed E-state index contributed by atoms with van der Waals surface area (Å²) in [6.45, 7) is 2.67. The Hall–Kier alpha value is -2.23. The van der Waals surface area contributed by atoms with Crippen molar-refractivity contribution in [2.24, 2.45) is 12.8 Å². The molecule has 0 saturated carbocycles. The summed E-state index contributed by atoms with van der Waals surface area (Å²) in [6, 6.07) is 6.72. The van der Waals surface area contributed by atoms with Crippen LogP contribution in [-0.4, -0.2) is 47.5 Å². The van der Waals surface area contributed by atoms with Crippen molar-refractivity contribution >= 4 is 15.9 Å². The first-order valence-corrected chi connectivity index (χ1v) is 10.3. The molecule has 146 valence electrons. The third-order valence-electron chi connectivity index (χ3n) is 4.84. The number of nitrogens with two attached hydrogens (primary N) is 1. The number of nitrogens with zero attached hydrogens (tertiary/aromatic N) is 3. The second-order valence-electron chi connectivity index (χ2n) is 6.93. The standard InChI is InChI=1S/C18H25N5O3S/c1-13-3-5-14(6-4-13)17(19)18(24)21-15-7-9-23(10-8-15)27(25,26)16-11-20-22(2)12-16/h3-6,11-12,15,17H,7-10,19H2,1-2H3,(H,21,24). The van der Waals surface area contributed by atoms with Crippen molar-refractivity contribution < 1.29 is 13.2 Å². The van der Waals surface area contributed by atoms with Gasteiger partial charge in [-0.1, -0.05) is 29.8 Å². The van der Waals surface area contributed by atoms with E-state index in [0.29, 0.717) is 25.9 Å². The van der Waals surface area contributed by atoms with Gasteiger partial charge in [0.05, 0.1) is 6.20 Å². The van der Waals surface area contributed by atoms with Gasteiger partial charge in [-0.3, -0.25) is 9.48 Å². The molecular formula is C18H25N5O3S. The van der Waals surface area contributed by atoms with Gasteiger partial charge in [0.15, 0.2) is 0 Å². The van der Waals surface area contributed by atoms with E-state index in [4.69, 9.17) is 5.73 Å². The molecule has 1 aromatic heterocycles. The number of carbonyl (C=O) groups is 1. The molecule has 9 heteroatoms. The van der Waals surface area contributed by atoms with Crippen LogP contribution in [0.25, 0.3) is 0 Å². The first-order valence-electron chi connectivity index (χ1n) is 8.88. The Bertz CT molecular complexity index is 899. The van der Waals surface area contributed by atoms with Crippen molar-refractivity contribution in [3.05, 3.63) is 47.8 Å². The van der Waals surface area contributed by atoms with E-state index in [1.165, 1.54) is 21.4 Å². The van der Waals surface area contributed by atoms with Crippen LogP contribution in [0.4, 0.5) is 0 Å². The summed E-state index contributed by atoms with van der Waals surface area (Å²) in [5.41, 5.74) is 7.92. The normalized spacial score (nSPS) is 17.6. The van der Waals surface area contributed by atoms with Crippen molar-refractivity contribution in [2.45, 2.75) is 36.7 Å². The zero-order valence-corrected chi connectivity index (χ0v) is 16.3. The highest BCUT2D eigenvalue weighted by molar-refractivity contribution is 7.89. The Kier molecular flexibility index (Phi) is 5.64. The number of hydrogen-bond donors (Lipinski definition) is 2. The molecule has 3 rings (SSSR count). The minimum absolute atomic E-state index is 0.0886. The quantitative estimate of drug-likeness (QED) is 0.779. The molecule has 27 heavy (non-hydrogen) atoms. The Morgan fingerprint density at radius 1 is 1.26 bits per heavy atom. The number of benzene rings is 1. The Morgan fingerprint density at radius 2 is 1.89 bits per heavy atom. The molecule has 3 N–H and O–H groups in total. The highest BCUT2D eigenvalue weighted by Crippen LogP contribution is 2.21. The maximum atomic E-state index is 12.6. The lowest BCUT2D eigenvalue weighted by Crippen LogP contribution is -2.48. The average Bonchev–Trinajstić information content (AvgIpc) is 3.09. The molecule has 2 heterocycles. The van der Waals surface area contributed by atoms with Crippen LogP contribution in [0.1, 0.15) is 30.0 Å². The summed E-state index contributed by atoms with van der Waals surface area (Å²) in [7, 11) is -1.87. The molecule has 1 aliphatic rings. The Labute approximate surface area is 159 Å². The van der Waals surface area contributed by atoms with Gasteiger partial charge in [0.1, 0.15) is 10.9 Å². The smallest absolute Gasteiger partial charge is 0.246 e. The molecule has 1 atom stereocenters. The molecule has 0 bridgehead atoms. The molecule has 1 fully saturated rings. The van der Waals surface area contributed by atoms with Crippen molar-refractivity contribution in [2.75, 3.05) is 13.1 Å². The van der Waals surface area contributed by atoms with E-state index in [-0.39, 0.29) is 16.8 Å². The monoisotopic (exact) mass is 391 g/mol. The lowest BCUT2D eigenvalue weighted by atomic mass is 10.0. The van der Waals surface area contributed by atoms with Crippen molar-refractivity contribution in [3.8, 4) is 0 Å². The van der Waals surface area contributed by atoms with Crippen LogP contribution in [0.15, 0.2) is 41.6 Å². The highest BCUT2D eigenvalue weighted by Gasteiger charge is 2.31. The number of amides is 1. The van der Waals surface area contributed by atoms with Gasteiger partial charge in [0.2, 0.25) is 15.9 Å². The van der Waals surface area contributed by atoms with E-state index in [2.05, 4.69) is 10.4 Å². The number of rotatable bonds is 5. The zero-order valence-electron chi connectivity index (χ0n) is 15.5. The fourth-order valence-electron chi connectivity index (χ4n) is 3.14. The van der Waals surface area contributed by atoms with E-state index >= 15 is 0 Å². The summed E-state index contributed by atoms with van der Waals surface area (Å²) in [5, 5.41) is 6.87. The fourth-order valence-corrected chi connectivity index (χ4v) is 4.59.